The number of nitrogens with one attached hydrogen (secondary N) is 1. The van der Waals surface area contributed by atoms with Crippen LogP contribution in [0.3, 0.4) is 0 Å². The van der Waals surface area contributed by atoms with Crippen LogP contribution >= 0.6 is 0 Å². The molecule has 1 aliphatic heterocycles. The summed E-state index contributed by atoms with van der Waals surface area (Å²) in [5.41, 5.74) is 6.05. The third-order valence-corrected chi connectivity index (χ3v) is 6.54. The van der Waals surface area contributed by atoms with Crippen molar-refractivity contribution in [2.45, 2.75) is 19.9 Å². The first kappa shape index (κ1) is 22.2. The molecule has 34 heavy (non-hydrogen) atoms. The highest BCUT2D eigenvalue weighted by Gasteiger charge is 2.18. The number of ether oxygens (including phenoxy) is 1. The zero-order valence-corrected chi connectivity index (χ0v) is 19.9. The monoisotopic (exact) mass is 454 g/mol. The molecular weight excluding hydrogens is 424 g/mol. The fourth-order valence-corrected chi connectivity index (χ4v) is 4.59. The summed E-state index contributed by atoms with van der Waals surface area (Å²) in [6.45, 7) is 7.28. The fraction of sp³-hybridized carbons (Fsp3) is 0.286. The van der Waals surface area contributed by atoms with Gasteiger partial charge in [-0.1, -0.05) is 35.9 Å². The molecule has 0 aliphatic carbocycles. The van der Waals surface area contributed by atoms with Crippen LogP contribution in [0, 0.1) is 6.92 Å². The van der Waals surface area contributed by atoms with Gasteiger partial charge in [-0.25, -0.2) is 4.98 Å². The summed E-state index contributed by atoms with van der Waals surface area (Å²) in [4.78, 5) is 20.2. The summed E-state index contributed by atoms with van der Waals surface area (Å²) in [7, 11) is 1.97. The lowest BCUT2D eigenvalue weighted by Gasteiger charge is -2.27. The van der Waals surface area contributed by atoms with Crippen molar-refractivity contribution >= 4 is 22.6 Å². The SMILES string of the molecule is Cc1cccc([C@H](C)NC(=O)c2cn(C)c3ccc(-c4ccc(N5CCOCC5)nc4)cc23)c1. The Bertz CT molecular complexity index is 1320. The topological polar surface area (TPSA) is 59.4 Å². The van der Waals surface area contributed by atoms with Crippen LogP contribution in [-0.4, -0.2) is 41.8 Å². The second-order valence-electron chi connectivity index (χ2n) is 9.00. The summed E-state index contributed by atoms with van der Waals surface area (Å²) in [5.74, 6) is 0.899. The number of pyridine rings is 1. The number of amides is 1. The van der Waals surface area contributed by atoms with E-state index in [1.54, 1.807) is 0 Å². The summed E-state index contributed by atoms with van der Waals surface area (Å²) >= 11 is 0. The van der Waals surface area contributed by atoms with Gasteiger partial charge in [0.15, 0.2) is 0 Å². The average Bonchev–Trinajstić information content (AvgIpc) is 3.20. The standard InChI is InChI=1S/C28H30N4O2/c1-19-5-4-6-21(15-19)20(2)30-28(33)25-18-31(3)26-9-7-22(16-24(25)26)23-8-10-27(29-17-23)32-11-13-34-14-12-32/h4-10,15-18,20H,11-14H2,1-3H3,(H,30,33)/t20-/m0/s1. The maximum absolute atomic E-state index is 13.3. The summed E-state index contributed by atoms with van der Waals surface area (Å²) in [6, 6.07) is 18.6. The molecule has 2 aromatic heterocycles. The van der Waals surface area contributed by atoms with Gasteiger partial charge in [-0.2, -0.15) is 0 Å². The van der Waals surface area contributed by atoms with Crippen LogP contribution in [0.4, 0.5) is 5.82 Å². The van der Waals surface area contributed by atoms with Crippen molar-refractivity contribution in [1.29, 1.82) is 0 Å². The Morgan fingerprint density at radius 1 is 1.06 bits per heavy atom. The number of rotatable bonds is 5. The molecule has 3 heterocycles. The first-order chi connectivity index (χ1) is 16.5. The van der Waals surface area contributed by atoms with Gasteiger partial charge in [0, 0.05) is 49.0 Å². The van der Waals surface area contributed by atoms with Crippen molar-refractivity contribution in [3.63, 3.8) is 0 Å². The minimum absolute atomic E-state index is 0.0717. The van der Waals surface area contributed by atoms with Crippen molar-refractivity contribution < 1.29 is 9.53 Å². The Hall–Kier alpha value is -3.64. The quantitative estimate of drug-likeness (QED) is 0.467. The molecule has 1 amide bonds. The van der Waals surface area contributed by atoms with Crippen LogP contribution in [0.5, 0.6) is 0 Å². The average molecular weight is 455 g/mol. The third kappa shape index (κ3) is 4.41. The molecule has 0 radical (unpaired) electrons. The van der Waals surface area contributed by atoms with Crippen LogP contribution in [0.25, 0.3) is 22.0 Å². The van der Waals surface area contributed by atoms with E-state index >= 15 is 0 Å². The Morgan fingerprint density at radius 3 is 2.59 bits per heavy atom. The van der Waals surface area contributed by atoms with Crippen molar-refractivity contribution in [2.75, 3.05) is 31.2 Å². The summed E-state index contributed by atoms with van der Waals surface area (Å²) in [6.07, 6.45) is 3.82. The lowest BCUT2D eigenvalue weighted by Crippen LogP contribution is -2.36. The van der Waals surface area contributed by atoms with Crippen LogP contribution in [0.15, 0.2) is 67.0 Å². The first-order valence-corrected chi connectivity index (χ1v) is 11.8. The van der Waals surface area contributed by atoms with Crippen molar-refractivity contribution in [3.8, 4) is 11.1 Å². The van der Waals surface area contributed by atoms with Gasteiger partial charge in [0.1, 0.15) is 5.82 Å². The van der Waals surface area contributed by atoms with E-state index in [1.165, 1.54) is 5.56 Å². The molecule has 1 saturated heterocycles. The predicted octanol–water partition coefficient (Wildman–Crippen LogP) is 4.88. The predicted molar refractivity (Wildman–Crippen MR) is 136 cm³/mol. The number of aryl methyl sites for hydroxylation is 2. The highest BCUT2D eigenvalue weighted by atomic mass is 16.5. The van der Waals surface area contributed by atoms with Crippen molar-refractivity contribution in [1.82, 2.24) is 14.9 Å². The van der Waals surface area contributed by atoms with E-state index in [4.69, 9.17) is 4.74 Å². The van der Waals surface area contributed by atoms with Gasteiger partial charge in [-0.3, -0.25) is 4.79 Å². The van der Waals surface area contributed by atoms with E-state index in [0.29, 0.717) is 5.56 Å². The number of nitrogens with zero attached hydrogens (tertiary/aromatic N) is 3. The Kier molecular flexibility index (Phi) is 6.07. The van der Waals surface area contributed by atoms with Crippen LogP contribution in [0.1, 0.15) is 34.5 Å². The minimum Gasteiger partial charge on any atom is -0.378 e. The molecule has 6 heteroatoms. The summed E-state index contributed by atoms with van der Waals surface area (Å²) < 4.78 is 7.44. The molecule has 1 N–H and O–H groups in total. The van der Waals surface area contributed by atoms with Gasteiger partial charge in [-0.15, -0.1) is 0 Å². The molecule has 0 saturated carbocycles. The van der Waals surface area contributed by atoms with E-state index < -0.39 is 0 Å². The maximum Gasteiger partial charge on any atom is 0.253 e. The molecule has 2 aromatic carbocycles. The molecule has 0 spiro atoms. The zero-order valence-electron chi connectivity index (χ0n) is 19.9. The van der Waals surface area contributed by atoms with Gasteiger partial charge < -0.3 is 19.5 Å². The summed E-state index contributed by atoms with van der Waals surface area (Å²) in [5, 5.41) is 4.10. The number of carbonyl (C=O) groups is 1. The normalized spacial score (nSPS) is 14.9. The molecule has 1 aliphatic rings. The minimum atomic E-state index is -0.0808. The zero-order chi connectivity index (χ0) is 23.7. The number of benzene rings is 2. The second kappa shape index (κ2) is 9.31. The van der Waals surface area contributed by atoms with Gasteiger partial charge in [0.2, 0.25) is 0 Å². The molecular formula is C28H30N4O2. The Morgan fingerprint density at radius 2 is 1.85 bits per heavy atom. The molecule has 0 bridgehead atoms. The van der Waals surface area contributed by atoms with E-state index in [-0.39, 0.29) is 11.9 Å². The number of morpholine rings is 1. The molecule has 0 unspecified atom stereocenters. The fourth-order valence-electron chi connectivity index (χ4n) is 4.59. The molecule has 1 atom stereocenters. The lowest BCUT2D eigenvalue weighted by molar-refractivity contribution is 0.0941. The third-order valence-electron chi connectivity index (χ3n) is 6.54. The molecule has 6 nitrogen and oxygen atoms in total. The van der Waals surface area contributed by atoms with E-state index in [9.17, 15) is 4.79 Å². The highest BCUT2D eigenvalue weighted by Crippen LogP contribution is 2.29. The first-order valence-electron chi connectivity index (χ1n) is 11.8. The number of aromatic nitrogens is 2. The van der Waals surface area contributed by atoms with Gasteiger partial charge >= 0.3 is 0 Å². The number of hydrogen-bond donors (Lipinski definition) is 1. The maximum atomic E-state index is 13.3. The van der Waals surface area contributed by atoms with Gasteiger partial charge in [0.05, 0.1) is 24.8 Å². The number of fused-ring (bicyclic) bond motifs is 1. The Labute approximate surface area is 200 Å². The molecule has 5 rings (SSSR count). The van der Waals surface area contributed by atoms with Crippen LogP contribution in [0.2, 0.25) is 0 Å². The van der Waals surface area contributed by atoms with E-state index in [0.717, 1.165) is 59.7 Å². The van der Waals surface area contributed by atoms with Gasteiger partial charge in [-0.05, 0) is 49.2 Å². The number of anilines is 1. The van der Waals surface area contributed by atoms with Crippen molar-refractivity contribution in [3.05, 3.63) is 83.7 Å². The smallest absolute Gasteiger partial charge is 0.253 e. The van der Waals surface area contributed by atoms with Crippen LogP contribution < -0.4 is 10.2 Å². The lowest BCUT2D eigenvalue weighted by atomic mass is 10.0. The molecule has 4 aromatic rings. The molecule has 1 fully saturated rings. The van der Waals surface area contributed by atoms with Crippen molar-refractivity contribution in [2.24, 2.45) is 7.05 Å². The highest BCUT2D eigenvalue weighted by molar-refractivity contribution is 6.08. The number of carbonyl (C=O) groups excluding carboxylic acids is 1. The van der Waals surface area contributed by atoms with Gasteiger partial charge in [0.25, 0.3) is 5.91 Å². The number of hydrogen-bond acceptors (Lipinski definition) is 4. The van der Waals surface area contributed by atoms with E-state index in [2.05, 4.69) is 64.6 Å². The Balaban J connectivity index is 1.41. The van der Waals surface area contributed by atoms with Crippen LogP contribution in [-0.2, 0) is 11.8 Å². The van der Waals surface area contributed by atoms with E-state index in [1.807, 2.05) is 43.1 Å². The second-order valence-corrected chi connectivity index (χ2v) is 9.00. The largest absolute Gasteiger partial charge is 0.378 e. The molecule has 174 valence electrons.